The highest BCUT2D eigenvalue weighted by atomic mass is 35.5. The Labute approximate surface area is 158 Å². The van der Waals surface area contributed by atoms with Crippen LogP contribution >= 0.6 is 24.0 Å². The zero-order chi connectivity index (χ0) is 16.9. The summed E-state index contributed by atoms with van der Waals surface area (Å²) >= 11 is 6.07. The lowest BCUT2D eigenvalue weighted by molar-refractivity contribution is 0.262. The molecule has 0 radical (unpaired) electrons. The van der Waals surface area contributed by atoms with E-state index in [1.54, 1.807) is 6.07 Å². The molecule has 2 aromatic carbocycles. The molecule has 0 saturated heterocycles. The lowest BCUT2D eigenvalue weighted by Gasteiger charge is -2.10. The first-order valence-electron chi connectivity index (χ1n) is 7.80. The Bertz CT molecular complexity index is 792. The standard InChI is InChI=1S/C18H19ClN4O.ClH/c1-12-5-6-15(11-16(12)19)23-18(24)22-14-4-2-3-13(9-14)10-17-20-7-8-21-17;/h2-6,9,11H,7-8,10H2,1H3,(H,20,21)(H2,22,23,24);1H. The topological polar surface area (TPSA) is 65.5 Å². The second kappa shape index (κ2) is 8.74. The number of urea groups is 1. The fraction of sp³-hybridized carbons (Fsp3) is 0.222. The Hall–Kier alpha value is -2.24. The highest BCUT2D eigenvalue weighted by molar-refractivity contribution is 6.31. The van der Waals surface area contributed by atoms with Crippen LogP contribution in [0.4, 0.5) is 16.2 Å². The van der Waals surface area contributed by atoms with Crippen molar-refractivity contribution < 1.29 is 4.79 Å². The summed E-state index contributed by atoms with van der Waals surface area (Å²) < 4.78 is 0. The average Bonchev–Trinajstić information content (AvgIpc) is 3.04. The number of aryl methyl sites for hydroxylation is 1. The quantitative estimate of drug-likeness (QED) is 0.743. The number of nitrogens with one attached hydrogen (secondary N) is 3. The van der Waals surface area contributed by atoms with E-state index in [4.69, 9.17) is 11.6 Å². The number of hydrogen-bond acceptors (Lipinski definition) is 3. The molecule has 0 bridgehead atoms. The first kappa shape index (κ1) is 19.1. The van der Waals surface area contributed by atoms with Crippen LogP contribution in [0, 0.1) is 6.92 Å². The van der Waals surface area contributed by atoms with Crippen LogP contribution in [0.15, 0.2) is 47.5 Å². The molecule has 3 rings (SSSR count). The predicted octanol–water partition coefficient (Wildman–Crippen LogP) is 4.26. The molecule has 0 atom stereocenters. The van der Waals surface area contributed by atoms with Gasteiger partial charge in [-0.15, -0.1) is 12.4 Å². The van der Waals surface area contributed by atoms with Gasteiger partial charge >= 0.3 is 6.03 Å². The summed E-state index contributed by atoms with van der Waals surface area (Å²) in [6.45, 7) is 3.64. The summed E-state index contributed by atoms with van der Waals surface area (Å²) in [5, 5.41) is 9.49. The number of benzene rings is 2. The second-order valence-electron chi connectivity index (χ2n) is 5.68. The van der Waals surface area contributed by atoms with Gasteiger partial charge in [0.1, 0.15) is 5.84 Å². The summed E-state index contributed by atoms with van der Waals surface area (Å²) in [7, 11) is 0. The smallest absolute Gasteiger partial charge is 0.323 e. The molecule has 25 heavy (non-hydrogen) atoms. The first-order chi connectivity index (χ1) is 11.6. The third kappa shape index (κ3) is 5.37. The molecule has 0 saturated carbocycles. The molecule has 1 heterocycles. The van der Waals surface area contributed by atoms with E-state index in [1.807, 2.05) is 43.3 Å². The van der Waals surface area contributed by atoms with E-state index in [2.05, 4.69) is 20.9 Å². The molecule has 7 heteroatoms. The minimum absolute atomic E-state index is 0. The third-order valence-electron chi connectivity index (χ3n) is 3.73. The van der Waals surface area contributed by atoms with Crippen molar-refractivity contribution >= 4 is 47.2 Å². The summed E-state index contributed by atoms with van der Waals surface area (Å²) in [4.78, 5) is 16.5. The maximum Gasteiger partial charge on any atom is 0.323 e. The highest BCUT2D eigenvalue weighted by Gasteiger charge is 2.08. The van der Waals surface area contributed by atoms with Crippen LogP contribution in [0.25, 0.3) is 0 Å². The van der Waals surface area contributed by atoms with Crippen molar-refractivity contribution in [1.82, 2.24) is 5.32 Å². The maximum atomic E-state index is 12.1. The Balaban J connectivity index is 0.00000225. The Morgan fingerprint density at radius 3 is 2.64 bits per heavy atom. The number of nitrogens with zero attached hydrogens (tertiary/aromatic N) is 1. The van der Waals surface area contributed by atoms with Crippen molar-refractivity contribution in [3.05, 3.63) is 58.6 Å². The second-order valence-corrected chi connectivity index (χ2v) is 6.08. The van der Waals surface area contributed by atoms with Crippen molar-refractivity contribution in [1.29, 1.82) is 0 Å². The molecule has 2 aromatic rings. The first-order valence-corrected chi connectivity index (χ1v) is 8.18. The zero-order valence-corrected chi connectivity index (χ0v) is 15.4. The van der Waals surface area contributed by atoms with Gasteiger partial charge in [-0.3, -0.25) is 4.99 Å². The molecule has 0 aromatic heterocycles. The number of carbonyl (C=O) groups excluding carboxylic acids is 1. The van der Waals surface area contributed by atoms with Gasteiger partial charge in [0, 0.05) is 29.4 Å². The molecule has 3 N–H and O–H groups in total. The van der Waals surface area contributed by atoms with Crippen LogP contribution in [0.1, 0.15) is 11.1 Å². The van der Waals surface area contributed by atoms with E-state index in [0.29, 0.717) is 10.7 Å². The van der Waals surface area contributed by atoms with Crippen LogP contribution in [0.5, 0.6) is 0 Å². The lowest BCUT2D eigenvalue weighted by Crippen LogP contribution is -2.21. The van der Waals surface area contributed by atoms with Gasteiger partial charge in [0.05, 0.1) is 6.54 Å². The van der Waals surface area contributed by atoms with Crippen molar-refractivity contribution in [3.8, 4) is 0 Å². The van der Waals surface area contributed by atoms with Crippen molar-refractivity contribution in [2.24, 2.45) is 4.99 Å². The van der Waals surface area contributed by atoms with Crippen molar-refractivity contribution in [2.75, 3.05) is 23.7 Å². The average molecular weight is 379 g/mol. The number of amidine groups is 1. The minimum Gasteiger partial charge on any atom is -0.372 e. The van der Waals surface area contributed by atoms with Crippen LogP contribution in [-0.4, -0.2) is 25.0 Å². The van der Waals surface area contributed by atoms with Crippen LogP contribution in [-0.2, 0) is 6.42 Å². The largest absolute Gasteiger partial charge is 0.372 e. The monoisotopic (exact) mass is 378 g/mol. The van der Waals surface area contributed by atoms with Gasteiger partial charge in [-0.25, -0.2) is 4.79 Å². The molecular weight excluding hydrogens is 359 g/mol. The van der Waals surface area contributed by atoms with Gasteiger partial charge in [0.25, 0.3) is 0 Å². The highest BCUT2D eigenvalue weighted by Crippen LogP contribution is 2.20. The van der Waals surface area contributed by atoms with Crippen molar-refractivity contribution in [2.45, 2.75) is 13.3 Å². The summed E-state index contributed by atoms with van der Waals surface area (Å²) in [6, 6.07) is 12.9. The number of hydrogen-bond donors (Lipinski definition) is 3. The van der Waals surface area contributed by atoms with Gasteiger partial charge in [-0.05, 0) is 42.3 Å². The van der Waals surface area contributed by atoms with Gasteiger partial charge < -0.3 is 16.0 Å². The normalized spacial score (nSPS) is 12.6. The van der Waals surface area contributed by atoms with Gasteiger partial charge in [-0.1, -0.05) is 29.8 Å². The molecule has 5 nitrogen and oxygen atoms in total. The van der Waals surface area contributed by atoms with Gasteiger partial charge in [0.2, 0.25) is 0 Å². The number of anilines is 2. The number of aliphatic imine (C=N–C) groups is 1. The van der Waals surface area contributed by atoms with Crippen LogP contribution in [0.3, 0.4) is 0 Å². The van der Waals surface area contributed by atoms with Gasteiger partial charge in [0.15, 0.2) is 0 Å². The SMILES string of the molecule is Cc1ccc(NC(=O)Nc2cccc(CC3=NCCN3)c2)cc1Cl.Cl. The third-order valence-corrected chi connectivity index (χ3v) is 4.14. The summed E-state index contributed by atoms with van der Waals surface area (Å²) in [5.74, 6) is 0.992. The molecule has 2 amide bonds. The molecule has 132 valence electrons. The van der Waals surface area contributed by atoms with E-state index in [-0.39, 0.29) is 18.4 Å². The molecule has 1 aliphatic heterocycles. The van der Waals surface area contributed by atoms with E-state index in [0.717, 1.165) is 42.2 Å². The van der Waals surface area contributed by atoms with Gasteiger partial charge in [-0.2, -0.15) is 0 Å². The van der Waals surface area contributed by atoms with E-state index >= 15 is 0 Å². The molecule has 1 aliphatic rings. The van der Waals surface area contributed by atoms with Crippen LogP contribution in [0.2, 0.25) is 5.02 Å². The van der Waals surface area contributed by atoms with E-state index < -0.39 is 0 Å². The molecule has 0 unspecified atom stereocenters. The molecule has 0 aliphatic carbocycles. The number of carbonyl (C=O) groups is 1. The zero-order valence-electron chi connectivity index (χ0n) is 13.8. The maximum absolute atomic E-state index is 12.1. The van der Waals surface area contributed by atoms with Crippen molar-refractivity contribution in [3.63, 3.8) is 0 Å². The Morgan fingerprint density at radius 1 is 1.20 bits per heavy atom. The molecule has 0 spiro atoms. The van der Waals surface area contributed by atoms with E-state index in [1.165, 1.54) is 0 Å². The lowest BCUT2D eigenvalue weighted by atomic mass is 10.1. The number of amides is 2. The fourth-order valence-corrected chi connectivity index (χ4v) is 2.66. The summed E-state index contributed by atoms with van der Waals surface area (Å²) in [5.41, 5.74) is 3.46. The summed E-state index contributed by atoms with van der Waals surface area (Å²) in [6.07, 6.45) is 0.741. The molecular formula is C18H20Cl2N4O. The predicted molar refractivity (Wildman–Crippen MR) is 107 cm³/mol. The number of rotatable bonds is 4. The fourth-order valence-electron chi connectivity index (χ4n) is 2.48. The van der Waals surface area contributed by atoms with Crippen LogP contribution < -0.4 is 16.0 Å². The molecule has 0 fully saturated rings. The number of halogens is 2. The van der Waals surface area contributed by atoms with E-state index in [9.17, 15) is 4.79 Å². The Kier molecular flexibility index (Phi) is 6.67. The minimum atomic E-state index is -0.302. The Morgan fingerprint density at radius 2 is 1.96 bits per heavy atom.